The number of phenolic OH excluding ortho intramolecular Hbond substituents is 2. The molecule has 222 valence electrons. The first-order valence-electron chi connectivity index (χ1n) is 12.7. The van der Waals surface area contributed by atoms with Crippen LogP contribution >= 0.6 is 11.8 Å². The average Bonchev–Trinajstić information content (AvgIpc) is 2.94. The first-order valence-corrected chi connectivity index (χ1v) is 14.0. The van der Waals surface area contributed by atoms with E-state index >= 15 is 0 Å². The molecule has 0 bridgehead atoms. The number of carboxylic acid groups (broad SMARTS) is 1. The molecule has 0 aliphatic rings. The maximum Gasteiger partial charge on any atom is 0.326 e. The minimum Gasteiger partial charge on any atom is -0.508 e. The van der Waals surface area contributed by atoms with Crippen LogP contribution in [0.4, 0.5) is 0 Å². The summed E-state index contributed by atoms with van der Waals surface area (Å²) < 4.78 is 0. The summed E-state index contributed by atoms with van der Waals surface area (Å²) >= 11 is 1.42. The lowest BCUT2D eigenvalue weighted by Crippen LogP contribution is -2.54. The molecule has 14 heteroatoms. The molecule has 0 fully saturated rings. The molecule has 9 N–H and O–H groups in total. The van der Waals surface area contributed by atoms with Gasteiger partial charge in [-0.1, -0.05) is 24.3 Å². The van der Waals surface area contributed by atoms with Crippen LogP contribution in [-0.2, 0) is 36.8 Å². The van der Waals surface area contributed by atoms with Crippen molar-refractivity contribution in [1.29, 1.82) is 0 Å². The highest BCUT2D eigenvalue weighted by atomic mass is 32.2. The molecule has 2 rings (SSSR count). The van der Waals surface area contributed by atoms with Gasteiger partial charge >= 0.3 is 5.97 Å². The topological polar surface area (TPSA) is 220 Å². The fourth-order valence-corrected chi connectivity index (χ4v) is 4.08. The summed E-state index contributed by atoms with van der Waals surface area (Å²) in [5.41, 5.74) is 7.18. The van der Waals surface area contributed by atoms with E-state index in [1.165, 1.54) is 36.0 Å². The van der Waals surface area contributed by atoms with Crippen LogP contribution in [0, 0.1) is 0 Å². The van der Waals surface area contributed by atoms with E-state index in [-0.39, 0.29) is 30.8 Å². The molecule has 41 heavy (non-hydrogen) atoms. The first kappa shape index (κ1) is 32.9. The fraction of sp³-hybridized carbons (Fsp3) is 0.370. The number of rotatable bonds is 16. The summed E-state index contributed by atoms with van der Waals surface area (Å²) in [6.45, 7) is -0.953. The van der Waals surface area contributed by atoms with E-state index in [4.69, 9.17) is 5.73 Å². The van der Waals surface area contributed by atoms with Crippen molar-refractivity contribution in [2.45, 2.75) is 37.4 Å². The molecule has 2 aromatic rings. The van der Waals surface area contributed by atoms with Crippen LogP contribution in [0.25, 0.3) is 0 Å². The van der Waals surface area contributed by atoms with E-state index < -0.39 is 60.8 Å². The van der Waals surface area contributed by atoms with Crippen LogP contribution in [-0.4, -0.2) is 88.1 Å². The monoisotopic (exact) mass is 589 g/mol. The Labute approximate surface area is 241 Å². The molecule has 0 heterocycles. The Morgan fingerprint density at radius 3 is 1.83 bits per heavy atom. The highest BCUT2D eigenvalue weighted by Crippen LogP contribution is 2.12. The first-order chi connectivity index (χ1) is 19.5. The van der Waals surface area contributed by atoms with E-state index in [9.17, 15) is 39.3 Å². The number of benzene rings is 2. The quantitative estimate of drug-likeness (QED) is 0.122. The Morgan fingerprint density at radius 1 is 0.756 bits per heavy atom. The third-order valence-electron chi connectivity index (χ3n) is 5.85. The van der Waals surface area contributed by atoms with Crippen molar-refractivity contribution in [1.82, 2.24) is 21.3 Å². The van der Waals surface area contributed by atoms with Crippen molar-refractivity contribution in [3.8, 4) is 11.5 Å². The van der Waals surface area contributed by atoms with Gasteiger partial charge in [0.25, 0.3) is 0 Å². The second kappa shape index (κ2) is 16.7. The largest absolute Gasteiger partial charge is 0.508 e. The number of amides is 4. The Morgan fingerprint density at radius 2 is 1.29 bits per heavy atom. The van der Waals surface area contributed by atoms with Crippen LogP contribution in [0.15, 0.2) is 48.5 Å². The summed E-state index contributed by atoms with van der Waals surface area (Å²) in [6, 6.07) is 8.84. The Bertz CT molecular complexity index is 1190. The van der Waals surface area contributed by atoms with E-state index in [2.05, 4.69) is 21.3 Å². The molecule has 2 aromatic carbocycles. The maximum absolute atomic E-state index is 13.0. The predicted octanol–water partition coefficient (Wildman–Crippen LogP) is -0.750. The average molecular weight is 590 g/mol. The molecule has 0 aromatic heterocycles. The number of hydrogen-bond donors (Lipinski definition) is 8. The number of nitrogens with one attached hydrogen (secondary N) is 4. The summed E-state index contributed by atoms with van der Waals surface area (Å²) in [7, 11) is 0. The lowest BCUT2D eigenvalue weighted by Gasteiger charge is -2.22. The molecule has 0 saturated carbocycles. The third kappa shape index (κ3) is 12.2. The van der Waals surface area contributed by atoms with Gasteiger partial charge < -0.3 is 42.3 Å². The fourth-order valence-electron chi connectivity index (χ4n) is 3.61. The number of aromatic hydroxyl groups is 2. The predicted molar refractivity (Wildman–Crippen MR) is 152 cm³/mol. The number of thioether (sulfide) groups is 1. The summed E-state index contributed by atoms with van der Waals surface area (Å²) in [6.07, 6.45) is 2.17. The number of aliphatic carboxylic acids is 1. The number of carboxylic acids is 1. The summed E-state index contributed by atoms with van der Waals surface area (Å²) in [4.78, 5) is 61.5. The lowest BCUT2D eigenvalue weighted by atomic mass is 10.0. The van der Waals surface area contributed by atoms with Gasteiger partial charge in [0.2, 0.25) is 23.6 Å². The maximum atomic E-state index is 13.0. The van der Waals surface area contributed by atoms with Crippen molar-refractivity contribution >= 4 is 41.4 Å². The molecule has 3 atom stereocenters. The Kier molecular flexibility index (Phi) is 13.4. The standard InChI is InChI=1S/C27H35N5O8S/c1-41-11-10-21(27(39)40)32-26(38)22(13-17-4-8-19(34)9-5-17)31-24(36)15-29-23(35)14-30-25(37)20(28)12-16-2-6-18(33)7-3-16/h2-9,20-22,33-34H,10-15,28H2,1H3,(H,29,35)(H,30,37)(H,31,36)(H,32,38)(H,39,40)/t20-,21-,22+/m0/s1. The number of carbonyl (C=O) groups excluding carboxylic acids is 4. The van der Waals surface area contributed by atoms with Crippen molar-refractivity contribution in [2.75, 3.05) is 25.1 Å². The van der Waals surface area contributed by atoms with E-state index in [0.29, 0.717) is 11.3 Å². The van der Waals surface area contributed by atoms with Crippen molar-refractivity contribution < 1.29 is 39.3 Å². The summed E-state index contributed by atoms with van der Waals surface area (Å²) in [5.74, 6) is -3.32. The van der Waals surface area contributed by atoms with Crippen LogP contribution in [0.1, 0.15) is 17.5 Å². The number of phenols is 2. The van der Waals surface area contributed by atoms with Gasteiger partial charge in [0.05, 0.1) is 19.1 Å². The third-order valence-corrected chi connectivity index (χ3v) is 6.50. The van der Waals surface area contributed by atoms with E-state index in [1.807, 2.05) is 0 Å². The second-order valence-corrected chi connectivity index (χ2v) is 10.1. The highest BCUT2D eigenvalue weighted by molar-refractivity contribution is 7.98. The zero-order valence-corrected chi connectivity index (χ0v) is 23.3. The molecular formula is C27H35N5O8S. The SMILES string of the molecule is CSCC[C@H](NC(=O)[C@@H](Cc1ccc(O)cc1)NC(=O)CNC(=O)CNC(=O)[C@@H](N)Cc1ccc(O)cc1)C(=O)O. The normalized spacial score (nSPS) is 12.8. The van der Waals surface area contributed by atoms with Gasteiger partial charge in [-0.05, 0) is 60.2 Å². The van der Waals surface area contributed by atoms with Crippen molar-refractivity contribution in [2.24, 2.45) is 5.73 Å². The number of nitrogens with two attached hydrogens (primary N) is 1. The van der Waals surface area contributed by atoms with Gasteiger partial charge in [-0.15, -0.1) is 0 Å². The van der Waals surface area contributed by atoms with Crippen molar-refractivity contribution in [3.63, 3.8) is 0 Å². The molecule has 0 unspecified atom stereocenters. The van der Waals surface area contributed by atoms with Gasteiger partial charge in [0, 0.05) is 6.42 Å². The Hall–Kier alpha value is -4.30. The van der Waals surface area contributed by atoms with Gasteiger partial charge in [-0.25, -0.2) is 4.79 Å². The molecule has 0 radical (unpaired) electrons. The molecule has 13 nitrogen and oxygen atoms in total. The molecule has 0 spiro atoms. The van der Waals surface area contributed by atoms with Crippen LogP contribution in [0.3, 0.4) is 0 Å². The summed E-state index contributed by atoms with van der Waals surface area (Å²) in [5, 5.41) is 38.0. The minimum absolute atomic E-state index is 0.00432. The molecule has 0 aliphatic carbocycles. The van der Waals surface area contributed by atoms with Crippen molar-refractivity contribution in [3.05, 3.63) is 59.7 Å². The van der Waals surface area contributed by atoms with Gasteiger partial charge in [0.15, 0.2) is 0 Å². The number of hydrogen-bond acceptors (Lipinski definition) is 9. The zero-order valence-electron chi connectivity index (χ0n) is 22.5. The lowest BCUT2D eigenvalue weighted by molar-refractivity contribution is -0.142. The van der Waals surface area contributed by atoms with Crippen LogP contribution in [0.5, 0.6) is 11.5 Å². The van der Waals surface area contributed by atoms with Gasteiger partial charge in [-0.3, -0.25) is 19.2 Å². The van der Waals surface area contributed by atoms with Gasteiger partial charge in [-0.2, -0.15) is 11.8 Å². The van der Waals surface area contributed by atoms with Crippen LogP contribution < -0.4 is 27.0 Å². The Balaban J connectivity index is 1.90. The van der Waals surface area contributed by atoms with E-state index in [0.717, 1.165) is 5.56 Å². The van der Waals surface area contributed by atoms with Crippen LogP contribution in [0.2, 0.25) is 0 Å². The second-order valence-electron chi connectivity index (χ2n) is 9.14. The highest BCUT2D eigenvalue weighted by Gasteiger charge is 2.27. The molecule has 0 aliphatic heterocycles. The smallest absolute Gasteiger partial charge is 0.326 e. The zero-order chi connectivity index (χ0) is 30.4. The molecular weight excluding hydrogens is 554 g/mol. The van der Waals surface area contributed by atoms with E-state index in [1.54, 1.807) is 30.5 Å². The molecule has 4 amide bonds. The minimum atomic E-state index is -1.21. The molecule has 0 saturated heterocycles. The van der Waals surface area contributed by atoms with Gasteiger partial charge in [0.1, 0.15) is 23.6 Å². The number of carbonyl (C=O) groups is 5.